The van der Waals surface area contributed by atoms with Crippen LogP contribution in [0.3, 0.4) is 0 Å². The topological polar surface area (TPSA) is 71.9 Å². The van der Waals surface area contributed by atoms with E-state index in [9.17, 15) is 4.79 Å². The molecule has 1 aromatic heterocycles. The Morgan fingerprint density at radius 2 is 2.07 bits per heavy atom. The Balaban J connectivity index is 1.64. The molecule has 0 spiro atoms. The number of rotatable bonds is 7. The molecular formula is C24H32N2O4. The highest BCUT2D eigenvalue weighted by molar-refractivity contribution is 5.69. The number of aromatic nitrogens is 1. The minimum atomic E-state index is -0.505. The number of carbonyl (C=O) groups excluding carboxylic acids is 1. The largest absolute Gasteiger partial charge is 0.490 e. The lowest BCUT2D eigenvalue weighted by Crippen LogP contribution is -2.42. The Morgan fingerprint density at radius 1 is 1.23 bits per heavy atom. The summed E-state index contributed by atoms with van der Waals surface area (Å²) in [4.78, 5) is 18.6. The Hall–Kier alpha value is -2.60. The van der Waals surface area contributed by atoms with Crippen LogP contribution >= 0.6 is 0 Å². The normalized spacial score (nSPS) is 16.5. The van der Waals surface area contributed by atoms with E-state index in [0.29, 0.717) is 18.9 Å². The van der Waals surface area contributed by atoms with Crippen LogP contribution in [-0.4, -0.2) is 52.5 Å². The summed E-state index contributed by atoms with van der Waals surface area (Å²) >= 11 is 0. The fraction of sp³-hybridized carbons (Fsp3) is 0.500. The standard InChI is InChI=1S/C24H32N2O4/c1-24(2,3)30-23(28)26-11-5-10-21(26)17-29-22-14-20(15-25-16-22)19-9-4-7-18(13-19)8-6-12-27/h4,7,9,13-16,21,27H,5-6,8,10-12,17H2,1-3H3/t21-/m0/s1. The van der Waals surface area contributed by atoms with Gasteiger partial charge >= 0.3 is 6.09 Å². The Morgan fingerprint density at radius 3 is 2.83 bits per heavy atom. The molecule has 6 heteroatoms. The number of carbonyl (C=O) groups is 1. The zero-order valence-corrected chi connectivity index (χ0v) is 18.1. The van der Waals surface area contributed by atoms with Crippen LogP contribution in [0.1, 0.15) is 45.6 Å². The van der Waals surface area contributed by atoms with E-state index in [1.165, 1.54) is 5.56 Å². The summed E-state index contributed by atoms with van der Waals surface area (Å²) in [6, 6.07) is 10.2. The molecule has 2 heterocycles. The van der Waals surface area contributed by atoms with Gasteiger partial charge < -0.3 is 19.5 Å². The first-order chi connectivity index (χ1) is 14.4. The van der Waals surface area contributed by atoms with E-state index in [1.807, 2.05) is 45.2 Å². The number of hydrogen-bond acceptors (Lipinski definition) is 5. The van der Waals surface area contributed by atoms with Crippen LogP contribution in [0.5, 0.6) is 5.75 Å². The van der Waals surface area contributed by atoms with Crippen molar-refractivity contribution in [2.24, 2.45) is 0 Å². The third-order valence-corrected chi connectivity index (χ3v) is 5.04. The zero-order valence-electron chi connectivity index (χ0n) is 18.1. The third kappa shape index (κ3) is 6.20. The number of hydrogen-bond donors (Lipinski definition) is 1. The Kier molecular flexibility index (Phi) is 7.32. The molecule has 30 heavy (non-hydrogen) atoms. The highest BCUT2D eigenvalue weighted by Gasteiger charge is 2.32. The van der Waals surface area contributed by atoms with Crippen molar-refractivity contribution in [3.8, 4) is 16.9 Å². The maximum atomic E-state index is 12.4. The second kappa shape index (κ2) is 9.94. The molecule has 1 aliphatic heterocycles. The van der Waals surface area contributed by atoms with Crippen molar-refractivity contribution in [3.63, 3.8) is 0 Å². The molecule has 2 aromatic rings. The molecule has 162 valence electrons. The molecule has 0 aliphatic carbocycles. The van der Waals surface area contributed by atoms with E-state index < -0.39 is 5.60 Å². The van der Waals surface area contributed by atoms with Crippen molar-refractivity contribution in [1.29, 1.82) is 0 Å². The lowest BCUT2D eigenvalue weighted by atomic mass is 10.0. The van der Waals surface area contributed by atoms with Gasteiger partial charge in [-0.15, -0.1) is 0 Å². The molecule has 0 bridgehead atoms. The molecule has 1 fully saturated rings. The molecule has 1 N–H and O–H groups in total. The quantitative estimate of drug-likeness (QED) is 0.727. The lowest BCUT2D eigenvalue weighted by Gasteiger charge is -2.28. The molecule has 0 saturated carbocycles. The highest BCUT2D eigenvalue weighted by atomic mass is 16.6. The van der Waals surface area contributed by atoms with Crippen LogP contribution < -0.4 is 4.74 Å². The van der Waals surface area contributed by atoms with Gasteiger partial charge in [0.2, 0.25) is 0 Å². The molecule has 0 unspecified atom stereocenters. The average Bonchev–Trinajstić information content (AvgIpc) is 3.19. The van der Waals surface area contributed by atoms with E-state index >= 15 is 0 Å². The molecule has 6 nitrogen and oxygen atoms in total. The van der Waals surface area contributed by atoms with Gasteiger partial charge in [0.05, 0.1) is 12.2 Å². The first-order valence-corrected chi connectivity index (χ1v) is 10.6. The van der Waals surface area contributed by atoms with Gasteiger partial charge in [0.15, 0.2) is 0 Å². The number of aryl methyl sites for hydroxylation is 1. The van der Waals surface area contributed by atoms with Crippen molar-refractivity contribution >= 4 is 6.09 Å². The van der Waals surface area contributed by atoms with Gasteiger partial charge in [-0.1, -0.05) is 24.3 Å². The number of nitrogens with zero attached hydrogens (tertiary/aromatic N) is 2. The Bertz CT molecular complexity index is 847. The fourth-order valence-corrected chi connectivity index (χ4v) is 3.61. The number of aliphatic hydroxyl groups is 1. The van der Waals surface area contributed by atoms with Crippen LogP contribution in [0.15, 0.2) is 42.7 Å². The predicted molar refractivity (Wildman–Crippen MR) is 117 cm³/mol. The predicted octanol–water partition coefficient (Wildman–Crippen LogP) is 4.45. The van der Waals surface area contributed by atoms with Crippen LogP contribution in [0.2, 0.25) is 0 Å². The molecule has 1 atom stereocenters. The van der Waals surface area contributed by atoms with Gasteiger partial charge in [0.25, 0.3) is 0 Å². The van der Waals surface area contributed by atoms with Gasteiger partial charge in [-0.2, -0.15) is 0 Å². The van der Waals surface area contributed by atoms with E-state index in [-0.39, 0.29) is 18.7 Å². The van der Waals surface area contributed by atoms with Crippen LogP contribution in [0.4, 0.5) is 4.79 Å². The smallest absolute Gasteiger partial charge is 0.410 e. The summed E-state index contributed by atoms with van der Waals surface area (Å²) in [5, 5.41) is 9.05. The van der Waals surface area contributed by atoms with Crippen molar-refractivity contribution in [1.82, 2.24) is 9.88 Å². The maximum absolute atomic E-state index is 12.4. The summed E-state index contributed by atoms with van der Waals surface area (Å²) in [6.45, 7) is 6.94. The van der Waals surface area contributed by atoms with Crippen molar-refractivity contribution in [2.75, 3.05) is 19.8 Å². The summed E-state index contributed by atoms with van der Waals surface area (Å²) in [6.07, 6.45) is 6.69. The van der Waals surface area contributed by atoms with Gasteiger partial charge in [-0.25, -0.2) is 4.79 Å². The van der Waals surface area contributed by atoms with E-state index in [2.05, 4.69) is 17.1 Å². The van der Waals surface area contributed by atoms with Gasteiger partial charge in [-0.3, -0.25) is 4.98 Å². The number of aliphatic hydroxyl groups excluding tert-OH is 1. The lowest BCUT2D eigenvalue weighted by molar-refractivity contribution is 0.0187. The molecule has 1 amide bonds. The summed E-state index contributed by atoms with van der Waals surface area (Å²) < 4.78 is 11.5. The molecule has 1 aromatic carbocycles. The SMILES string of the molecule is CC(C)(C)OC(=O)N1CCC[C@H]1COc1cncc(-c2cccc(CCCO)c2)c1. The van der Waals surface area contributed by atoms with E-state index in [0.717, 1.165) is 36.8 Å². The minimum Gasteiger partial charge on any atom is -0.490 e. The van der Waals surface area contributed by atoms with Crippen molar-refractivity contribution in [2.45, 2.75) is 58.1 Å². The van der Waals surface area contributed by atoms with Crippen molar-refractivity contribution < 1.29 is 19.4 Å². The molecule has 3 rings (SSSR count). The fourth-order valence-electron chi connectivity index (χ4n) is 3.61. The summed E-state index contributed by atoms with van der Waals surface area (Å²) in [5.74, 6) is 0.685. The summed E-state index contributed by atoms with van der Waals surface area (Å²) in [7, 11) is 0. The van der Waals surface area contributed by atoms with Crippen LogP contribution in [0.25, 0.3) is 11.1 Å². The highest BCUT2D eigenvalue weighted by Crippen LogP contribution is 2.26. The molecule has 1 aliphatic rings. The first kappa shape index (κ1) is 22.1. The van der Waals surface area contributed by atoms with Crippen LogP contribution in [-0.2, 0) is 11.2 Å². The number of likely N-dealkylation sites (tertiary alicyclic amines) is 1. The summed E-state index contributed by atoms with van der Waals surface area (Å²) in [5.41, 5.74) is 2.73. The molecular weight excluding hydrogens is 380 g/mol. The Labute approximate surface area is 178 Å². The zero-order chi connectivity index (χ0) is 21.6. The maximum Gasteiger partial charge on any atom is 0.410 e. The number of ether oxygens (including phenoxy) is 2. The first-order valence-electron chi connectivity index (χ1n) is 10.6. The number of amides is 1. The number of pyridine rings is 1. The van der Waals surface area contributed by atoms with Gasteiger partial charge in [-0.05, 0) is 63.6 Å². The van der Waals surface area contributed by atoms with Crippen LogP contribution in [0, 0.1) is 0 Å². The number of benzene rings is 1. The van der Waals surface area contributed by atoms with E-state index in [4.69, 9.17) is 14.6 Å². The second-order valence-electron chi connectivity index (χ2n) is 8.72. The van der Waals surface area contributed by atoms with E-state index in [1.54, 1.807) is 11.1 Å². The minimum absolute atomic E-state index is 0.00492. The van der Waals surface area contributed by atoms with Gasteiger partial charge in [0, 0.05) is 24.9 Å². The monoisotopic (exact) mass is 412 g/mol. The van der Waals surface area contributed by atoms with Crippen molar-refractivity contribution in [3.05, 3.63) is 48.3 Å². The molecule has 0 radical (unpaired) electrons. The second-order valence-corrected chi connectivity index (χ2v) is 8.72. The van der Waals surface area contributed by atoms with Gasteiger partial charge in [0.1, 0.15) is 18.0 Å². The third-order valence-electron chi connectivity index (χ3n) is 5.04. The average molecular weight is 413 g/mol. The molecule has 1 saturated heterocycles.